The van der Waals surface area contributed by atoms with E-state index in [0.717, 1.165) is 5.46 Å². The van der Waals surface area contributed by atoms with Crippen LogP contribution in [0.4, 0.5) is 0 Å². The fraction of sp³-hybridized carbons (Fsp3) is 0.231. The van der Waals surface area contributed by atoms with Crippen LogP contribution >= 0.6 is 0 Å². The van der Waals surface area contributed by atoms with Gasteiger partial charge in [-0.15, -0.1) is 0 Å². The van der Waals surface area contributed by atoms with Crippen molar-refractivity contribution in [3.8, 4) is 11.1 Å². The molecule has 5 rings (SSSR count). The first-order valence-electron chi connectivity index (χ1n) is 10.2. The Balaban J connectivity index is 1.70. The molecule has 1 aliphatic heterocycles. The van der Waals surface area contributed by atoms with E-state index >= 15 is 0 Å². The highest BCUT2D eigenvalue weighted by molar-refractivity contribution is 6.65. The quantitative estimate of drug-likeness (QED) is 0.400. The third kappa shape index (κ3) is 2.88. The maximum atomic E-state index is 6.35. The molecule has 29 heavy (non-hydrogen) atoms. The molecule has 0 bridgehead atoms. The van der Waals surface area contributed by atoms with Gasteiger partial charge in [-0.1, -0.05) is 78.9 Å². The zero-order chi connectivity index (χ0) is 20.2. The average molecular weight is 380 g/mol. The summed E-state index contributed by atoms with van der Waals surface area (Å²) in [7, 11) is -0.369. The molecule has 0 saturated carbocycles. The predicted molar refractivity (Wildman–Crippen MR) is 123 cm³/mol. The van der Waals surface area contributed by atoms with Crippen LogP contribution in [0.1, 0.15) is 27.7 Å². The molecule has 3 heteroatoms. The minimum Gasteiger partial charge on any atom is -0.399 e. The maximum absolute atomic E-state index is 6.35. The van der Waals surface area contributed by atoms with Gasteiger partial charge in [0.25, 0.3) is 0 Å². The van der Waals surface area contributed by atoms with Crippen molar-refractivity contribution in [3.63, 3.8) is 0 Å². The first-order chi connectivity index (χ1) is 13.9. The molecule has 1 fully saturated rings. The van der Waals surface area contributed by atoms with Crippen LogP contribution in [0.5, 0.6) is 0 Å². The molecule has 4 aromatic rings. The largest absolute Gasteiger partial charge is 0.495 e. The summed E-state index contributed by atoms with van der Waals surface area (Å²) in [5, 5.41) is 4.92. The smallest absolute Gasteiger partial charge is 0.399 e. The van der Waals surface area contributed by atoms with E-state index in [4.69, 9.17) is 9.31 Å². The Hall–Kier alpha value is -2.62. The lowest BCUT2D eigenvalue weighted by Crippen LogP contribution is -2.41. The minimum atomic E-state index is -0.369. The molecule has 2 nitrogen and oxygen atoms in total. The fourth-order valence-corrected chi connectivity index (χ4v) is 4.20. The fourth-order valence-electron chi connectivity index (χ4n) is 4.20. The van der Waals surface area contributed by atoms with E-state index in [2.05, 4.69) is 107 Å². The Bertz CT molecular complexity index is 1200. The Morgan fingerprint density at radius 2 is 1.07 bits per heavy atom. The monoisotopic (exact) mass is 380 g/mol. The van der Waals surface area contributed by atoms with Crippen LogP contribution in [0.3, 0.4) is 0 Å². The minimum absolute atomic E-state index is 0.354. The van der Waals surface area contributed by atoms with E-state index in [1.54, 1.807) is 0 Å². The molecule has 4 aromatic carbocycles. The molecule has 0 aromatic heterocycles. The number of hydrogen-bond acceptors (Lipinski definition) is 2. The van der Waals surface area contributed by atoms with Crippen LogP contribution in [-0.4, -0.2) is 18.3 Å². The second kappa shape index (κ2) is 6.45. The highest BCUT2D eigenvalue weighted by Crippen LogP contribution is 2.38. The van der Waals surface area contributed by atoms with Crippen molar-refractivity contribution in [3.05, 3.63) is 78.9 Å². The molecule has 1 aliphatic rings. The zero-order valence-corrected chi connectivity index (χ0v) is 17.4. The summed E-state index contributed by atoms with van der Waals surface area (Å²) in [6.45, 7) is 8.39. The van der Waals surface area contributed by atoms with E-state index in [0.29, 0.717) is 0 Å². The van der Waals surface area contributed by atoms with Gasteiger partial charge in [-0.3, -0.25) is 0 Å². The third-order valence-electron chi connectivity index (χ3n) is 6.54. The van der Waals surface area contributed by atoms with E-state index in [9.17, 15) is 0 Å². The standard InChI is InChI=1S/C26H25BO2/c1-25(2)26(3,4)29-27(28-25)24-17-9-15-22-21(14-8-16-23(22)24)20-13-7-11-18-10-5-6-12-19(18)20/h5-17H,1-4H3. The molecule has 0 N–H and O–H groups in total. The van der Waals surface area contributed by atoms with Crippen LogP contribution in [0.25, 0.3) is 32.7 Å². The number of benzene rings is 4. The molecule has 0 spiro atoms. The van der Waals surface area contributed by atoms with Crippen LogP contribution in [-0.2, 0) is 9.31 Å². The lowest BCUT2D eigenvalue weighted by Gasteiger charge is -2.32. The highest BCUT2D eigenvalue weighted by atomic mass is 16.7. The van der Waals surface area contributed by atoms with Gasteiger partial charge >= 0.3 is 7.12 Å². The second-order valence-electron chi connectivity index (χ2n) is 8.86. The van der Waals surface area contributed by atoms with Gasteiger partial charge in [-0.2, -0.15) is 0 Å². The van der Waals surface area contributed by atoms with Crippen LogP contribution in [0.2, 0.25) is 0 Å². The van der Waals surface area contributed by atoms with Crippen LogP contribution in [0.15, 0.2) is 78.9 Å². The molecule has 0 radical (unpaired) electrons. The first-order valence-corrected chi connectivity index (χ1v) is 10.2. The lowest BCUT2D eigenvalue weighted by atomic mass is 9.75. The predicted octanol–water partition coefficient (Wildman–Crippen LogP) is 5.96. The Morgan fingerprint density at radius 3 is 1.83 bits per heavy atom. The molecular formula is C26H25BO2. The van der Waals surface area contributed by atoms with Gasteiger partial charge in [-0.25, -0.2) is 0 Å². The molecule has 144 valence electrons. The van der Waals surface area contributed by atoms with Crippen LogP contribution < -0.4 is 5.46 Å². The van der Waals surface area contributed by atoms with Crippen molar-refractivity contribution in [2.75, 3.05) is 0 Å². The van der Waals surface area contributed by atoms with Gasteiger partial charge in [-0.05, 0) is 65.8 Å². The van der Waals surface area contributed by atoms with Crippen molar-refractivity contribution in [2.24, 2.45) is 0 Å². The Labute approximate surface area is 172 Å². The summed E-state index contributed by atoms with van der Waals surface area (Å²) in [4.78, 5) is 0. The SMILES string of the molecule is CC1(C)OB(c2cccc3c(-c4cccc5ccccc45)cccc23)OC1(C)C. The van der Waals surface area contributed by atoms with Crippen molar-refractivity contribution in [1.82, 2.24) is 0 Å². The summed E-state index contributed by atoms with van der Waals surface area (Å²) >= 11 is 0. The van der Waals surface area contributed by atoms with Gasteiger partial charge < -0.3 is 9.31 Å². The average Bonchev–Trinajstić information content (AvgIpc) is 2.93. The Kier molecular flexibility index (Phi) is 4.09. The summed E-state index contributed by atoms with van der Waals surface area (Å²) in [6, 6.07) is 28.0. The zero-order valence-electron chi connectivity index (χ0n) is 17.4. The van der Waals surface area contributed by atoms with Gasteiger partial charge in [0.05, 0.1) is 11.2 Å². The first kappa shape index (κ1) is 18.4. The van der Waals surface area contributed by atoms with Crippen molar-refractivity contribution in [1.29, 1.82) is 0 Å². The van der Waals surface area contributed by atoms with E-state index in [1.165, 1.54) is 32.7 Å². The van der Waals surface area contributed by atoms with Gasteiger partial charge in [0.15, 0.2) is 0 Å². The maximum Gasteiger partial charge on any atom is 0.495 e. The number of fused-ring (bicyclic) bond motifs is 2. The molecule has 1 heterocycles. The summed E-state index contributed by atoms with van der Waals surface area (Å²) < 4.78 is 12.7. The second-order valence-corrected chi connectivity index (χ2v) is 8.86. The molecule has 0 unspecified atom stereocenters. The molecule has 0 atom stereocenters. The third-order valence-corrected chi connectivity index (χ3v) is 6.54. The normalized spacial score (nSPS) is 17.9. The topological polar surface area (TPSA) is 18.5 Å². The van der Waals surface area contributed by atoms with Crippen molar-refractivity contribution < 1.29 is 9.31 Å². The Morgan fingerprint density at radius 1 is 0.552 bits per heavy atom. The van der Waals surface area contributed by atoms with E-state index in [-0.39, 0.29) is 18.3 Å². The van der Waals surface area contributed by atoms with Gasteiger partial charge in [0.2, 0.25) is 0 Å². The summed E-state index contributed by atoms with van der Waals surface area (Å²) in [6.07, 6.45) is 0. The van der Waals surface area contributed by atoms with Crippen molar-refractivity contribution in [2.45, 2.75) is 38.9 Å². The highest BCUT2D eigenvalue weighted by Gasteiger charge is 2.52. The lowest BCUT2D eigenvalue weighted by molar-refractivity contribution is 0.00578. The van der Waals surface area contributed by atoms with E-state index < -0.39 is 0 Å². The summed E-state index contributed by atoms with van der Waals surface area (Å²) in [5.74, 6) is 0. The van der Waals surface area contributed by atoms with Gasteiger partial charge in [0, 0.05) is 0 Å². The van der Waals surface area contributed by atoms with Gasteiger partial charge in [0.1, 0.15) is 0 Å². The molecule has 0 aliphatic carbocycles. The summed E-state index contributed by atoms with van der Waals surface area (Å²) in [5.41, 5.74) is 2.86. The number of hydrogen-bond donors (Lipinski definition) is 0. The molecule has 1 saturated heterocycles. The van der Waals surface area contributed by atoms with E-state index in [1.807, 2.05) is 0 Å². The number of rotatable bonds is 2. The van der Waals surface area contributed by atoms with Crippen molar-refractivity contribution >= 4 is 34.1 Å². The van der Waals surface area contributed by atoms with Crippen LogP contribution in [0, 0.1) is 0 Å². The molecule has 0 amide bonds. The molecular weight excluding hydrogens is 355 g/mol.